The quantitative estimate of drug-likeness (QED) is 0.156. The molecule has 1 heterocycles. The Balaban J connectivity index is 1.42. The van der Waals surface area contributed by atoms with Crippen molar-refractivity contribution in [1.82, 2.24) is 4.98 Å². The van der Waals surface area contributed by atoms with Crippen molar-refractivity contribution < 1.29 is 24.9 Å². The lowest BCUT2D eigenvalue weighted by molar-refractivity contribution is 0.132. The molecule has 14 heteroatoms. The smallest absolute Gasteiger partial charge is 0.260 e. The summed E-state index contributed by atoms with van der Waals surface area (Å²) < 4.78 is 4.90. The van der Waals surface area contributed by atoms with Gasteiger partial charge in [-0.15, -0.1) is 0 Å². The van der Waals surface area contributed by atoms with Crippen molar-refractivity contribution in [2.24, 2.45) is 5.16 Å². The van der Waals surface area contributed by atoms with Crippen LogP contribution in [0.3, 0.4) is 0 Å². The highest BCUT2D eigenvalue weighted by atomic mass is 35.5. The van der Waals surface area contributed by atoms with Gasteiger partial charge in [-0.3, -0.25) is 24.0 Å². The SMILES string of the molecule is COc1cc(=O)c2c(=O)c3c(c(=O)c=2c1=O)=C(O)[C@]1(CCc2c1c(O)c1c(=O)[nH]c(C=NOCc4ccc(Cl)cc4)cc1c2Cl)C=3O. The van der Waals surface area contributed by atoms with Crippen LogP contribution in [0.5, 0.6) is 11.5 Å². The van der Waals surface area contributed by atoms with Crippen molar-refractivity contribution >= 4 is 51.7 Å². The predicted molar refractivity (Wildman–Crippen MR) is 172 cm³/mol. The molecule has 47 heavy (non-hydrogen) atoms. The van der Waals surface area contributed by atoms with Crippen molar-refractivity contribution in [3.63, 3.8) is 0 Å². The van der Waals surface area contributed by atoms with Gasteiger partial charge in [0.25, 0.3) is 5.56 Å². The highest BCUT2D eigenvalue weighted by molar-refractivity contribution is 6.37. The van der Waals surface area contributed by atoms with E-state index in [4.69, 9.17) is 32.8 Å². The van der Waals surface area contributed by atoms with E-state index in [-0.39, 0.29) is 52.1 Å². The number of pyridine rings is 1. The topological polar surface area (TPSA) is 193 Å². The molecule has 7 rings (SSSR count). The summed E-state index contributed by atoms with van der Waals surface area (Å²) in [5.74, 6) is -2.78. The number of halogens is 2. The van der Waals surface area contributed by atoms with Crippen molar-refractivity contribution in [3.05, 3.63) is 141 Å². The molecule has 0 amide bonds. The van der Waals surface area contributed by atoms with Gasteiger partial charge in [-0.05, 0) is 42.2 Å². The largest absolute Gasteiger partial charge is 0.510 e. The van der Waals surface area contributed by atoms with Crippen LogP contribution in [-0.2, 0) is 23.3 Å². The van der Waals surface area contributed by atoms with E-state index in [0.717, 1.165) is 18.7 Å². The summed E-state index contributed by atoms with van der Waals surface area (Å²) in [6.07, 6.45) is 1.08. The Morgan fingerprint density at radius 2 is 1.57 bits per heavy atom. The minimum Gasteiger partial charge on any atom is -0.510 e. The second-order valence-corrected chi connectivity index (χ2v) is 12.0. The highest BCUT2D eigenvalue weighted by Crippen LogP contribution is 2.56. The summed E-state index contributed by atoms with van der Waals surface area (Å²) in [6.45, 7) is 0.122. The molecule has 0 radical (unpaired) electrons. The second kappa shape index (κ2) is 10.5. The minimum absolute atomic E-state index is 0.00680. The number of H-pyrrole nitrogens is 1. The lowest BCUT2D eigenvalue weighted by atomic mass is 9.78. The monoisotopic (exact) mass is 674 g/mol. The van der Waals surface area contributed by atoms with Gasteiger partial charge in [0.15, 0.2) is 11.2 Å². The van der Waals surface area contributed by atoms with Crippen LogP contribution < -0.4 is 42.4 Å². The number of aliphatic hydroxyl groups excluding tert-OH is 2. The number of oxime groups is 1. The van der Waals surface area contributed by atoms with Crippen LogP contribution in [0.15, 0.2) is 65.5 Å². The maximum Gasteiger partial charge on any atom is 0.260 e. The van der Waals surface area contributed by atoms with Gasteiger partial charge in [0.1, 0.15) is 29.3 Å². The van der Waals surface area contributed by atoms with Gasteiger partial charge >= 0.3 is 0 Å². The molecule has 0 fully saturated rings. The van der Waals surface area contributed by atoms with E-state index in [1.165, 1.54) is 12.3 Å². The second-order valence-electron chi connectivity index (χ2n) is 11.2. The molecule has 1 spiro atoms. The van der Waals surface area contributed by atoms with Crippen LogP contribution in [0.25, 0.3) is 22.3 Å². The lowest BCUT2D eigenvalue weighted by Gasteiger charge is -2.27. The van der Waals surface area contributed by atoms with E-state index in [9.17, 15) is 39.3 Å². The number of hydrogen-bond donors (Lipinski definition) is 4. The molecule has 3 aromatic rings. The first-order valence-corrected chi connectivity index (χ1v) is 14.7. The zero-order valence-electron chi connectivity index (χ0n) is 24.1. The molecular formula is C33H20Cl2N2O10. The number of methoxy groups -OCH3 is 1. The van der Waals surface area contributed by atoms with Crippen LogP contribution in [-0.4, -0.2) is 33.6 Å². The third-order valence-electron chi connectivity index (χ3n) is 8.79. The zero-order valence-corrected chi connectivity index (χ0v) is 25.6. The molecule has 12 nitrogen and oxygen atoms in total. The number of ether oxygens (including phenoxy) is 1. The van der Waals surface area contributed by atoms with Gasteiger partial charge < -0.3 is 29.9 Å². The van der Waals surface area contributed by atoms with Gasteiger partial charge in [-0.25, -0.2) is 0 Å². The number of fused-ring (bicyclic) bond motifs is 4. The summed E-state index contributed by atoms with van der Waals surface area (Å²) in [7, 11) is 1.11. The Morgan fingerprint density at radius 1 is 0.915 bits per heavy atom. The number of aromatic hydroxyl groups is 1. The van der Waals surface area contributed by atoms with Crippen molar-refractivity contribution in [2.75, 3.05) is 7.11 Å². The fourth-order valence-electron chi connectivity index (χ4n) is 6.67. The molecular weight excluding hydrogens is 655 g/mol. The minimum atomic E-state index is -2.08. The lowest BCUT2D eigenvalue weighted by Crippen LogP contribution is -2.51. The van der Waals surface area contributed by atoms with Gasteiger partial charge in [0, 0.05) is 22.0 Å². The van der Waals surface area contributed by atoms with E-state index < -0.39 is 76.6 Å². The standard InChI is InChI=1S/C33H20Cl2N2O10/c1-46-18-9-17(38)20-21(26(18)39)28(41)23-22(27(20)40)30(43)33(31(23)44)7-6-15-24(33)29(42)19-16(25(15)35)8-14(37-32(19)45)10-36-47-11-12-2-4-13(34)5-3-12/h2-5,8-10,42-44H,6-7,11H2,1H3,(H,37,45)/t33-/m0/s1. The predicted octanol–water partition coefficient (Wildman–Crippen LogP) is 1.37. The number of hydrogen-bond acceptors (Lipinski definition) is 11. The normalized spacial score (nSPS) is 16.9. The van der Waals surface area contributed by atoms with Crippen LogP contribution in [0.2, 0.25) is 10.0 Å². The third kappa shape index (κ3) is 4.08. The fourth-order valence-corrected chi connectivity index (χ4v) is 7.13. The number of benzene rings is 2. The zero-order chi connectivity index (χ0) is 33.5. The molecule has 1 aromatic heterocycles. The number of rotatable bonds is 5. The Labute approximate surface area is 270 Å². The van der Waals surface area contributed by atoms with Crippen LogP contribution in [0, 0.1) is 10.4 Å². The number of phenols is 1. The first kappa shape index (κ1) is 30.2. The molecule has 0 bridgehead atoms. The average Bonchev–Trinajstić information content (AvgIpc) is 3.55. The Morgan fingerprint density at radius 3 is 2.23 bits per heavy atom. The first-order valence-electron chi connectivity index (χ1n) is 14.0. The molecule has 0 unspecified atom stereocenters. The summed E-state index contributed by atoms with van der Waals surface area (Å²) in [5, 5.41) is 36.2. The van der Waals surface area contributed by atoms with Gasteiger partial charge in [-0.2, -0.15) is 0 Å². The maximum atomic E-state index is 13.7. The van der Waals surface area contributed by atoms with E-state index in [2.05, 4.69) is 10.1 Å². The van der Waals surface area contributed by atoms with Crippen molar-refractivity contribution in [3.8, 4) is 11.5 Å². The van der Waals surface area contributed by atoms with Crippen molar-refractivity contribution in [2.45, 2.75) is 24.9 Å². The van der Waals surface area contributed by atoms with Gasteiger partial charge in [0.05, 0.1) is 50.3 Å². The molecule has 0 aliphatic heterocycles. The molecule has 236 valence electrons. The Kier molecular flexibility index (Phi) is 6.78. The summed E-state index contributed by atoms with van der Waals surface area (Å²) >= 11 is 12.7. The Hall–Kier alpha value is -5.46. The third-order valence-corrected chi connectivity index (χ3v) is 9.47. The first-order chi connectivity index (χ1) is 22.4. The average molecular weight is 675 g/mol. The fraction of sp³-hybridized carbons (Fsp3) is 0.152. The molecule has 4 N–H and O–H groups in total. The van der Waals surface area contributed by atoms with Crippen molar-refractivity contribution in [1.29, 1.82) is 0 Å². The summed E-state index contributed by atoms with van der Waals surface area (Å²) in [4.78, 5) is 74.3. The number of nitrogens with zero attached hydrogens (tertiary/aromatic N) is 1. The van der Waals surface area contributed by atoms with E-state index >= 15 is 0 Å². The maximum absolute atomic E-state index is 13.7. The van der Waals surface area contributed by atoms with E-state index in [0.29, 0.717) is 5.02 Å². The molecule has 4 aliphatic rings. The van der Waals surface area contributed by atoms with E-state index in [1.807, 2.05) is 0 Å². The number of aromatic nitrogens is 1. The molecule has 0 saturated carbocycles. The number of nitrogens with one attached hydrogen (secondary N) is 1. The van der Waals surface area contributed by atoms with Crippen LogP contribution in [0.4, 0.5) is 0 Å². The number of phenolic OH excluding ortho intramolecular Hbond substituents is 1. The number of aliphatic hydroxyl groups is 2. The summed E-state index contributed by atoms with van der Waals surface area (Å²) in [6, 6.07) is 9.14. The van der Waals surface area contributed by atoms with Crippen LogP contribution >= 0.6 is 23.2 Å². The van der Waals surface area contributed by atoms with Gasteiger partial charge in [0.2, 0.25) is 16.3 Å². The Bertz CT molecular complexity index is 2730. The molecule has 1 atom stereocenters. The van der Waals surface area contributed by atoms with E-state index in [1.54, 1.807) is 24.3 Å². The highest BCUT2D eigenvalue weighted by Gasteiger charge is 2.53. The molecule has 4 aliphatic carbocycles. The molecule has 2 aromatic carbocycles. The van der Waals surface area contributed by atoms with Crippen LogP contribution in [0.1, 0.15) is 28.8 Å². The number of aromatic amines is 1. The summed E-state index contributed by atoms with van der Waals surface area (Å²) in [5.41, 5.74) is -6.21. The molecule has 0 saturated heterocycles. The van der Waals surface area contributed by atoms with Gasteiger partial charge in [-0.1, -0.05) is 40.5 Å².